The van der Waals surface area contributed by atoms with Gasteiger partial charge < -0.3 is 15.0 Å². The zero-order valence-corrected chi connectivity index (χ0v) is 13.6. The Balaban J connectivity index is 1.82. The molecule has 5 nitrogen and oxygen atoms in total. The van der Waals surface area contributed by atoms with Gasteiger partial charge in [0.25, 0.3) is 5.91 Å². The predicted molar refractivity (Wildman–Crippen MR) is 91.7 cm³/mol. The standard InChI is InChI=1S/C19H17FN2O3/c1-25-19(24)16(11-12-5-7-14(20)8-6-12)22-18(23)15-4-2-3-13-9-10-21-17(13)15/h2-10,16,21H,11H2,1H3,(H,22,23). The molecule has 0 saturated heterocycles. The van der Waals surface area contributed by atoms with Crippen molar-refractivity contribution in [3.05, 3.63) is 71.7 Å². The summed E-state index contributed by atoms with van der Waals surface area (Å²) in [4.78, 5) is 27.7. The minimum Gasteiger partial charge on any atom is -0.467 e. The molecule has 0 bridgehead atoms. The number of carbonyl (C=O) groups is 2. The maximum absolute atomic E-state index is 13.0. The maximum atomic E-state index is 13.0. The van der Waals surface area contributed by atoms with Crippen molar-refractivity contribution in [3.8, 4) is 0 Å². The maximum Gasteiger partial charge on any atom is 0.328 e. The highest BCUT2D eigenvalue weighted by molar-refractivity contribution is 6.06. The Morgan fingerprint density at radius 2 is 1.92 bits per heavy atom. The van der Waals surface area contributed by atoms with Crippen LogP contribution in [0.1, 0.15) is 15.9 Å². The summed E-state index contributed by atoms with van der Waals surface area (Å²) in [6.45, 7) is 0. The lowest BCUT2D eigenvalue weighted by Crippen LogP contribution is -2.43. The molecule has 0 fully saturated rings. The quantitative estimate of drug-likeness (QED) is 0.702. The molecular weight excluding hydrogens is 323 g/mol. The molecule has 0 saturated carbocycles. The molecular formula is C19H17FN2O3. The fourth-order valence-electron chi connectivity index (χ4n) is 2.70. The first-order valence-electron chi connectivity index (χ1n) is 7.77. The van der Waals surface area contributed by atoms with Crippen molar-refractivity contribution < 1.29 is 18.7 Å². The second-order valence-corrected chi connectivity index (χ2v) is 5.63. The van der Waals surface area contributed by atoms with Crippen LogP contribution in [0, 0.1) is 5.82 Å². The molecule has 0 spiro atoms. The number of aromatic nitrogens is 1. The molecule has 1 amide bonds. The number of ether oxygens (including phenoxy) is 1. The molecule has 1 unspecified atom stereocenters. The zero-order chi connectivity index (χ0) is 17.8. The van der Waals surface area contributed by atoms with E-state index < -0.39 is 12.0 Å². The van der Waals surface area contributed by atoms with Crippen molar-refractivity contribution in [1.29, 1.82) is 0 Å². The van der Waals surface area contributed by atoms with Gasteiger partial charge in [0.15, 0.2) is 0 Å². The van der Waals surface area contributed by atoms with Crippen LogP contribution in [0.4, 0.5) is 4.39 Å². The van der Waals surface area contributed by atoms with E-state index in [1.165, 1.54) is 19.2 Å². The number of H-pyrrole nitrogens is 1. The summed E-state index contributed by atoms with van der Waals surface area (Å²) >= 11 is 0. The molecule has 0 radical (unpaired) electrons. The van der Waals surface area contributed by atoms with E-state index in [0.29, 0.717) is 11.1 Å². The number of hydrogen-bond donors (Lipinski definition) is 2. The lowest BCUT2D eigenvalue weighted by molar-refractivity contribution is -0.142. The number of nitrogens with one attached hydrogen (secondary N) is 2. The van der Waals surface area contributed by atoms with E-state index in [1.54, 1.807) is 30.5 Å². The summed E-state index contributed by atoms with van der Waals surface area (Å²) in [5, 5.41) is 3.61. The van der Waals surface area contributed by atoms with Crippen molar-refractivity contribution in [3.63, 3.8) is 0 Å². The lowest BCUT2D eigenvalue weighted by Gasteiger charge is -2.17. The second-order valence-electron chi connectivity index (χ2n) is 5.63. The van der Waals surface area contributed by atoms with E-state index >= 15 is 0 Å². The highest BCUT2D eigenvalue weighted by Crippen LogP contribution is 2.17. The number of halogens is 1. The molecule has 0 aliphatic rings. The summed E-state index contributed by atoms with van der Waals surface area (Å²) < 4.78 is 17.8. The Morgan fingerprint density at radius 3 is 2.64 bits per heavy atom. The van der Waals surface area contributed by atoms with Crippen LogP contribution in [0.5, 0.6) is 0 Å². The van der Waals surface area contributed by atoms with Crippen molar-refractivity contribution in [1.82, 2.24) is 10.3 Å². The van der Waals surface area contributed by atoms with E-state index in [2.05, 4.69) is 10.3 Å². The number of fused-ring (bicyclic) bond motifs is 1. The number of para-hydroxylation sites is 1. The molecule has 1 aromatic heterocycles. The van der Waals surface area contributed by atoms with Crippen LogP contribution in [0.15, 0.2) is 54.7 Å². The van der Waals surface area contributed by atoms with Gasteiger partial charge in [-0.1, -0.05) is 24.3 Å². The minimum absolute atomic E-state index is 0.208. The molecule has 3 aromatic rings. The third-order valence-electron chi connectivity index (χ3n) is 3.98. The smallest absolute Gasteiger partial charge is 0.328 e. The monoisotopic (exact) mass is 340 g/mol. The topological polar surface area (TPSA) is 71.2 Å². The third kappa shape index (κ3) is 3.68. The van der Waals surface area contributed by atoms with Crippen molar-refractivity contribution in [2.75, 3.05) is 7.11 Å². The first-order valence-corrected chi connectivity index (χ1v) is 7.77. The van der Waals surface area contributed by atoms with E-state index in [0.717, 1.165) is 10.9 Å². The van der Waals surface area contributed by atoms with Gasteiger partial charge in [-0.2, -0.15) is 0 Å². The van der Waals surface area contributed by atoms with Gasteiger partial charge in [0.05, 0.1) is 18.2 Å². The van der Waals surface area contributed by atoms with Crippen LogP contribution in [0.3, 0.4) is 0 Å². The number of carbonyl (C=O) groups excluding carboxylic acids is 2. The molecule has 2 N–H and O–H groups in total. The number of hydrogen-bond acceptors (Lipinski definition) is 3. The Kier molecular flexibility index (Phi) is 4.79. The van der Waals surface area contributed by atoms with Crippen LogP contribution in [-0.4, -0.2) is 30.0 Å². The van der Waals surface area contributed by atoms with E-state index in [-0.39, 0.29) is 18.1 Å². The van der Waals surface area contributed by atoms with Crippen molar-refractivity contribution in [2.45, 2.75) is 12.5 Å². The van der Waals surface area contributed by atoms with Gasteiger partial charge in [0, 0.05) is 18.0 Å². The number of aromatic amines is 1. The number of amides is 1. The lowest BCUT2D eigenvalue weighted by atomic mass is 10.0. The zero-order valence-electron chi connectivity index (χ0n) is 13.6. The van der Waals surface area contributed by atoms with Crippen LogP contribution in [-0.2, 0) is 16.0 Å². The van der Waals surface area contributed by atoms with Crippen LogP contribution in [0.25, 0.3) is 10.9 Å². The second kappa shape index (κ2) is 7.17. The SMILES string of the molecule is COC(=O)C(Cc1ccc(F)cc1)NC(=O)c1cccc2cc[nH]c12. The number of rotatable bonds is 5. The average Bonchev–Trinajstić information content (AvgIpc) is 3.10. The molecule has 0 aliphatic carbocycles. The molecule has 3 rings (SSSR count). The number of benzene rings is 2. The van der Waals surface area contributed by atoms with Gasteiger partial charge in [-0.25, -0.2) is 9.18 Å². The summed E-state index contributed by atoms with van der Waals surface area (Å²) in [6, 6.07) is 12.1. The Hall–Kier alpha value is -3.15. The number of methoxy groups -OCH3 is 1. The van der Waals surface area contributed by atoms with E-state index in [4.69, 9.17) is 4.74 Å². The largest absolute Gasteiger partial charge is 0.467 e. The fourth-order valence-corrected chi connectivity index (χ4v) is 2.70. The average molecular weight is 340 g/mol. The van der Waals surface area contributed by atoms with Gasteiger partial charge in [-0.3, -0.25) is 4.79 Å². The van der Waals surface area contributed by atoms with Crippen LogP contribution in [0.2, 0.25) is 0 Å². The van der Waals surface area contributed by atoms with Gasteiger partial charge in [-0.15, -0.1) is 0 Å². The number of esters is 1. The normalized spacial score (nSPS) is 11.9. The Bertz CT molecular complexity index is 902. The minimum atomic E-state index is -0.867. The van der Waals surface area contributed by atoms with Gasteiger partial charge in [0.1, 0.15) is 11.9 Å². The van der Waals surface area contributed by atoms with Crippen molar-refractivity contribution in [2.24, 2.45) is 0 Å². The molecule has 128 valence electrons. The summed E-state index contributed by atoms with van der Waals surface area (Å²) in [5.74, 6) is -1.30. The van der Waals surface area contributed by atoms with Crippen LogP contribution < -0.4 is 5.32 Å². The van der Waals surface area contributed by atoms with Crippen LogP contribution >= 0.6 is 0 Å². The van der Waals surface area contributed by atoms with Gasteiger partial charge in [0.2, 0.25) is 0 Å². The molecule has 0 aliphatic heterocycles. The molecule has 6 heteroatoms. The first kappa shape index (κ1) is 16.7. The molecule has 1 atom stereocenters. The summed E-state index contributed by atoms with van der Waals surface area (Å²) in [5.41, 5.74) is 1.86. The van der Waals surface area contributed by atoms with Gasteiger partial charge >= 0.3 is 5.97 Å². The highest BCUT2D eigenvalue weighted by Gasteiger charge is 2.23. The van der Waals surface area contributed by atoms with Gasteiger partial charge in [-0.05, 0) is 29.8 Å². The fraction of sp³-hybridized carbons (Fsp3) is 0.158. The predicted octanol–water partition coefficient (Wildman–Crippen LogP) is 2.82. The Morgan fingerprint density at radius 1 is 1.16 bits per heavy atom. The summed E-state index contributed by atoms with van der Waals surface area (Å²) in [7, 11) is 1.26. The van der Waals surface area contributed by atoms with E-state index in [9.17, 15) is 14.0 Å². The molecule has 2 aromatic carbocycles. The Labute approximate surface area is 143 Å². The van der Waals surface area contributed by atoms with E-state index in [1.807, 2.05) is 12.1 Å². The summed E-state index contributed by atoms with van der Waals surface area (Å²) in [6.07, 6.45) is 1.96. The first-order chi connectivity index (χ1) is 12.1. The van der Waals surface area contributed by atoms with Crippen molar-refractivity contribution >= 4 is 22.8 Å². The third-order valence-corrected chi connectivity index (χ3v) is 3.98. The highest BCUT2D eigenvalue weighted by atomic mass is 19.1. The molecule has 25 heavy (non-hydrogen) atoms. The molecule has 1 heterocycles.